The van der Waals surface area contributed by atoms with Crippen LogP contribution >= 0.6 is 0 Å². The van der Waals surface area contributed by atoms with Crippen LogP contribution in [0.25, 0.3) is 0 Å². The molecule has 0 aliphatic heterocycles. The maximum atomic E-state index is 12.9. The van der Waals surface area contributed by atoms with Crippen molar-refractivity contribution < 1.29 is 14.3 Å². The molecule has 3 nitrogen and oxygen atoms in total. The first kappa shape index (κ1) is 13.6. The first-order valence-corrected chi connectivity index (χ1v) is 6.90. The summed E-state index contributed by atoms with van der Waals surface area (Å²) in [6.07, 6.45) is 0.754. The molecule has 1 saturated carbocycles. The molecule has 2 N–H and O–H groups in total. The molecule has 2 aromatic rings. The zero-order valence-corrected chi connectivity index (χ0v) is 11.6. The molecule has 1 amide bonds. The van der Waals surface area contributed by atoms with Crippen molar-refractivity contribution in [3.8, 4) is 5.75 Å². The fourth-order valence-electron chi connectivity index (χ4n) is 2.54. The average molecular weight is 285 g/mol. The van der Waals surface area contributed by atoms with E-state index in [0.29, 0.717) is 5.69 Å². The minimum Gasteiger partial charge on any atom is -0.506 e. The largest absolute Gasteiger partial charge is 0.506 e. The minimum absolute atomic E-state index is 0.0716. The Morgan fingerprint density at radius 3 is 2.62 bits per heavy atom. The second-order valence-electron chi connectivity index (χ2n) is 5.51. The molecule has 1 fully saturated rings. The maximum Gasteiger partial charge on any atom is 0.228 e. The molecule has 0 radical (unpaired) electrons. The van der Waals surface area contributed by atoms with Gasteiger partial charge in [-0.15, -0.1) is 0 Å². The van der Waals surface area contributed by atoms with Crippen LogP contribution < -0.4 is 5.32 Å². The van der Waals surface area contributed by atoms with E-state index in [9.17, 15) is 14.3 Å². The fourth-order valence-corrected chi connectivity index (χ4v) is 2.54. The molecule has 1 aliphatic rings. The SMILES string of the molecule is Cc1ccc(NC(=O)C2CC2c2ccc(F)cc2)c(O)c1. The normalized spacial score (nSPS) is 20.1. The van der Waals surface area contributed by atoms with Crippen molar-refractivity contribution in [2.75, 3.05) is 5.32 Å². The van der Waals surface area contributed by atoms with Crippen LogP contribution in [0.5, 0.6) is 5.75 Å². The maximum absolute atomic E-state index is 12.9. The number of amides is 1. The van der Waals surface area contributed by atoms with Gasteiger partial charge in [0, 0.05) is 5.92 Å². The quantitative estimate of drug-likeness (QED) is 0.847. The van der Waals surface area contributed by atoms with Gasteiger partial charge in [0.25, 0.3) is 0 Å². The molecule has 2 atom stereocenters. The minimum atomic E-state index is -0.273. The summed E-state index contributed by atoms with van der Waals surface area (Å²) in [5.41, 5.74) is 2.33. The summed E-state index contributed by atoms with van der Waals surface area (Å²) >= 11 is 0. The first-order valence-electron chi connectivity index (χ1n) is 6.90. The molecule has 0 saturated heterocycles. The van der Waals surface area contributed by atoms with Crippen molar-refractivity contribution in [1.82, 2.24) is 0 Å². The summed E-state index contributed by atoms with van der Waals surface area (Å²) < 4.78 is 12.9. The molecule has 0 bridgehead atoms. The number of carbonyl (C=O) groups excluding carboxylic acids is 1. The van der Waals surface area contributed by atoms with Crippen molar-refractivity contribution >= 4 is 11.6 Å². The molecule has 0 spiro atoms. The highest BCUT2D eigenvalue weighted by Gasteiger charge is 2.44. The Morgan fingerprint density at radius 1 is 1.24 bits per heavy atom. The van der Waals surface area contributed by atoms with Crippen molar-refractivity contribution in [3.63, 3.8) is 0 Å². The smallest absolute Gasteiger partial charge is 0.228 e. The van der Waals surface area contributed by atoms with Gasteiger partial charge in [0.1, 0.15) is 11.6 Å². The van der Waals surface area contributed by atoms with E-state index < -0.39 is 0 Å². The first-order chi connectivity index (χ1) is 10.0. The zero-order valence-electron chi connectivity index (χ0n) is 11.6. The number of aromatic hydroxyl groups is 1. The summed E-state index contributed by atoms with van der Waals surface area (Å²) in [6, 6.07) is 11.4. The highest BCUT2D eigenvalue weighted by atomic mass is 19.1. The summed E-state index contributed by atoms with van der Waals surface area (Å²) in [4.78, 5) is 12.2. The summed E-state index contributed by atoms with van der Waals surface area (Å²) in [6.45, 7) is 1.87. The molecule has 4 heteroatoms. The van der Waals surface area contributed by atoms with Crippen LogP contribution in [0.1, 0.15) is 23.5 Å². The van der Waals surface area contributed by atoms with Gasteiger partial charge in [-0.2, -0.15) is 0 Å². The number of hydrogen-bond acceptors (Lipinski definition) is 2. The topological polar surface area (TPSA) is 49.3 Å². The van der Waals surface area contributed by atoms with Crippen molar-refractivity contribution in [3.05, 3.63) is 59.4 Å². The monoisotopic (exact) mass is 285 g/mol. The van der Waals surface area contributed by atoms with Crippen LogP contribution in [0.4, 0.5) is 10.1 Å². The highest BCUT2D eigenvalue weighted by Crippen LogP contribution is 2.48. The van der Waals surface area contributed by atoms with Crippen LogP contribution in [0.15, 0.2) is 42.5 Å². The van der Waals surface area contributed by atoms with Gasteiger partial charge in [-0.1, -0.05) is 18.2 Å². The molecule has 0 heterocycles. The summed E-state index contributed by atoms with van der Waals surface area (Å²) in [5.74, 6) is -0.287. The number of carbonyl (C=O) groups is 1. The summed E-state index contributed by atoms with van der Waals surface area (Å²) in [5, 5.41) is 12.5. The van der Waals surface area contributed by atoms with E-state index in [1.807, 2.05) is 13.0 Å². The number of benzene rings is 2. The Balaban J connectivity index is 1.66. The molecule has 2 unspecified atom stereocenters. The Morgan fingerprint density at radius 2 is 1.95 bits per heavy atom. The van der Waals surface area contributed by atoms with Crippen LogP contribution in [0.3, 0.4) is 0 Å². The average Bonchev–Trinajstić information content (AvgIpc) is 3.23. The lowest BCUT2D eigenvalue weighted by Gasteiger charge is -2.08. The van der Waals surface area contributed by atoms with E-state index in [1.54, 1.807) is 24.3 Å². The van der Waals surface area contributed by atoms with E-state index in [2.05, 4.69) is 5.32 Å². The van der Waals surface area contributed by atoms with Crippen LogP contribution in [0, 0.1) is 18.7 Å². The molecular weight excluding hydrogens is 269 g/mol. The molecule has 2 aromatic carbocycles. The lowest BCUT2D eigenvalue weighted by molar-refractivity contribution is -0.117. The predicted octanol–water partition coefficient (Wildman–Crippen LogP) is 3.58. The van der Waals surface area contributed by atoms with Crippen molar-refractivity contribution in [2.45, 2.75) is 19.3 Å². The van der Waals surface area contributed by atoms with E-state index >= 15 is 0 Å². The Hall–Kier alpha value is -2.36. The van der Waals surface area contributed by atoms with Crippen LogP contribution in [-0.4, -0.2) is 11.0 Å². The third-order valence-electron chi connectivity index (χ3n) is 3.84. The lowest BCUT2D eigenvalue weighted by Crippen LogP contribution is -2.14. The van der Waals surface area contributed by atoms with E-state index in [4.69, 9.17) is 0 Å². The Bertz CT molecular complexity index is 682. The molecule has 21 heavy (non-hydrogen) atoms. The van der Waals surface area contributed by atoms with Gasteiger partial charge >= 0.3 is 0 Å². The van der Waals surface area contributed by atoms with Gasteiger partial charge < -0.3 is 10.4 Å². The number of anilines is 1. The Labute approximate surface area is 122 Å². The van der Waals surface area contributed by atoms with Gasteiger partial charge in [0.15, 0.2) is 0 Å². The van der Waals surface area contributed by atoms with E-state index in [1.165, 1.54) is 12.1 Å². The Kier molecular flexibility index (Phi) is 3.37. The van der Waals surface area contributed by atoms with Crippen LogP contribution in [0.2, 0.25) is 0 Å². The number of hydrogen-bond donors (Lipinski definition) is 2. The molecular formula is C17H16FNO2. The van der Waals surface area contributed by atoms with Gasteiger partial charge in [-0.05, 0) is 54.7 Å². The standard InChI is InChI=1S/C17H16FNO2/c1-10-2-7-15(16(20)8-10)19-17(21)14-9-13(14)11-3-5-12(18)6-4-11/h2-8,13-14,20H,9H2,1H3,(H,19,21). The molecule has 0 aromatic heterocycles. The van der Waals surface area contributed by atoms with Gasteiger partial charge in [-0.3, -0.25) is 4.79 Å². The third-order valence-corrected chi connectivity index (χ3v) is 3.84. The number of phenolic OH excluding ortho intramolecular Hbond substituents is 1. The van der Waals surface area contributed by atoms with Gasteiger partial charge in [0.05, 0.1) is 5.69 Å². The number of aryl methyl sites for hydroxylation is 1. The van der Waals surface area contributed by atoms with Gasteiger partial charge in [0.2, 0.25) is 5.91 Å². The molecule has 108 valence electrons. The highest BCUT2D eigenvalue weighted by molar-refractivity contribution is 5.96. The van der Waals surface area contributed by atoms with E-state index in [-0.39, 0.29) is 29.3 Å². The zero-order chi connectivity index (χ0) is 15.0. The van der Waals surface area contributed by atoms with Gasteiger partial charge in [-0.25, -0.2) is 4.39 Å². The number of halogens is 1. The molecule has 3 rings (SSSR count). The van der Waals surface area contributed by atoms with E-state index in [0.717, 1.165) is 17.5 Å². The van der Waals surface area contributed by atoms with Crippen molar-refractivity contribution in [2.24, 2.45) is 5.92 Å². The second kappa shape index (κ2) is 5.20. The lowest BCUT2D eigenvalue weighted by atomic mass is 10.1. The number of phenols is 1. The second-order valence-corrected chi connectivity index (χ2v) is 5.51. The third kappa shape index (κ3) is 2.89. The molecule has 1 aliphatic carbocycles. The predicted molar refractivity (Wildman–Crippen MR) is 78.7 cm³/mol. The summed E-state index contributed by atoms with van der Waals surface area (Å²) in [7, 11) is 0. The number of nitrogens with one attached hydrogen (secondary N) is 1. The van der Waals surface area contributed by atoms with Crippen LogP contribution in [-0.2, 0) is 4.79 Å². The number of rotatable bonds is 3. The van der Waals surface area contributed by atoms with Crippen molar-refractivity contribution in [1.29, 1.82) is 0 Å². The fraction of sp³-hybridized carbons (Fsp3) is 0.235.